The second kappa shape index (κ2) is 7.36. The molecule has 1 fully saturated rings. The van der Waals surface area contributed by atoms with E-state index in [2.05, 4.69) is 15.3 Å². The predicted molar refractivity (Wildman–Crippen MR) is 82.5 cm³/mol. The Balaban J connectivity index is 1.55. The summed E-state index contributed by atoms with van der Waals surface area (Å²) in [5, 5.41) is 21.0. The number of rotatable bonds is 6. The number of hydrogen-bond acceptors (Lipinski definition) is 5. The van der Waals surface area contributed by atoms with Crippen LogP contribution in [0.2, 0.25) is 0 Å². The normalized spacial score (nSPS) is 18.3. The number of aryl methyl sites for hydroxylation is 1. The number of aromatic nitrogens is 5. The van der Waals surface area contributed by atoms with Crippen molar-refractivity contribution < 1.29 is 9.90 Å². The van der Waals surface area contributed by atoms with Gasteiger partial charge in [-0.05, 0) is 18.9 Å². The first-order valence-electron chi connectivity index (χ1n) is 8.00. The molecule has 1 saturated heterocycles. The highest BCUT2D eigenvalue weighted by atomic mass is 16.3. The van der Waals surface area contributed by atoms with E-state index in [4.69, 9.17) is 5.11 Å². The molecule has 1 N–H and O–H groups in total. The highest BCUT2D eigenvalue weighted by Gasteiger charge is 2.25. The van der Waals surface area contributed by atoms with Gasteiger partial charge in [-0.15, -0.1) is 10.2 Å². The van der Waals surface area contributed by atoms with Crippen molar-refractivity contribution in [2.45, 2.75) is 38.3 Å². The average molecular weight is 318 g/mol. The van der Waals surface area contributed by atoms with E-state index in [0.717, 1.165) is 31.6 Å². The van der Waals surface area contributed by atoms with E-state index >= 15 is 0 Å². The van der Waals surface area contributed by atoms with Crippen LogP contribution in [0.3, 0.4) is 0 Å². The first-order chi connectivity index (χ1) is 11.3. The quantitative estimate of drug-likeness (QED) is 0.825. The van der Waals surface area contributed by atoms with Gasteiger partial charge in [-0.2, -0.15) is 5.10 Å². The maximum Gasteiger partial charge on any atom is 0.224 e. The van der Waals surface area contributed by atoms with Crippen LogP contribution in [-0.2, 0) is 17.9 Å². The summed E-state index contributed by atoms with van der Waals surface area (Å²) in [7, 11) is 0. The number of hydrogen-bond donors (Lipinski definition) is 1. The van der Waals surface area contributed by atoms with E-state index in [0.29, 0.717) is 19.5 Å². The predicted octanol–water partition coefficient (Wildman–Crippen LogP) is 0.263. The molecule has 124 valence electrons. The first-order valence-corrected chi connectivity index (χ1v) is 8.00. The summed E-state index contributed by atoms with van der Waals surface area (Å²) in [6.07, 6.45) is 7.64. The van der Waals surface area contributed by atoms with Crippen molar-refractivity contribution in [3.05, 3.63) is 30.6 Å². The van der Waals surface area contributed by atoms with Gasteiger partial charge in [0.2, 0.25) is 5.91 Å². The minimum atomic E-state index is 0.0828. The Morgan fingerprint density at radius 2 is 2.13 bits per heavy atom. The number of carbonyl (C=O) groups is 1. The van der Waals surface area contributed by atoms with E-state index in [1.54, 1.807) is 17.3 Å². The fourth-order valence-electron chi connectivity index (χ4n) is 2.99. The third kappa shape index (κ3) is 3.95. The Bertz CT molecular complexity index is 624. The monoisotopic (exact) mass is 318 g/mol. The van der Waals surface area contributed by atoms with E-state index in [1.807, 2.05) is 21.7 Å². The van der Waals surface area contributed by atoms with Crippen LogP contribution in [-0.4, -0.2) is 60.2 Å². The smallest absolute Gasteiger partial charge is 0.224 e. The topological polar surface area (TPSA) is 89.1 Å². The fraction of sp³-hybridized carbons (Fsp3) is 0.600. The lowest BCUT2D eigenvalue weighted by molar-refractivity contribution is -0.132. The molecule has 0 aliphatic carbocycles. The van der Waals surface area contributed by atoms with Crippen LogP contribution in [0.15, 0.2) is 24.9 Å². The van der Waals surface area contributed by atoms with Gasteiger partial charge in [-0.25, -0.2) is 0 Å². The van der Waals surface area contributed by atoms with Crippen LogP contribution < -0.4 is 0 Å². The molecule has 0 unspecified atom stereocenters. The Labute approximate surface area is 134 Å². The summed E-state index contributed by atoms with van der Waals surface area (Å²) in [5.41, 5.74) is 1.01. The SMILES string of the molecule is O=C(CCn1cnnc1)N1CCC[C@H](c2ccn(CCO)n2)C1. The lowest BCUT2D eigenvalue weighted by Gasteiger charge is -2.32. The third-order valence-corrected chi connectivity index (χ3v) is 4.23. The lowest BCUT2D eigenvalue weighted by atomic mass is 9.95. The van der Waals surface area contributed by atoms with Gasteiger partial charge in [-0.3, -0.25) is 9.48 Å². The highest BCUT2D eigenvalue weighted by molar-refractivity contribution is 5.76. The van der Waals surface area contributed by atoms with Gasteiger partial charge >= 0.3 is 0 Å². The number of likely N-dealkylation sites (tertiary alicyclic amines) is 1. The molecule has 0 radical (unpaired) electrons. The molecule has 0 spiro atoms. The molecule has 1 aliphatic heterocycles. The molecule has 0 saturated carbocycles. The Kier molecular flexibility index (Phi) is 5.02. The van der Waals surface area contributed by atoms with E-state index in [9.17, 15) is 4.79 Å². The summed E-state index contributed by atoms with van der Waals surface area (Å²) in [5.74, 6) is 0.445. The van der Waals surface area contributed by atoms with Crippen LogP contribution in [0.4, 0.5) is 0 Å². The molecule has 8 nitrogen and oxygen atoms in total. The van der Waals surface area contributed by atoms with Gasteiger partial charge in [-0.1, -0.05) is 0 Å². The van der Waals surface area contributed by atoms with E-state index in [1.165, 1.54) is 0 Å². The zero-order chi connectivity index (χ0) is 16.1. The van der Waals surface area contributed by atoms with Crippen molar-refractivity contribution >= 4 is 5.91 Å². The number of piperidine rings is 1. The minimum absolute atomic E-state index is 0.0828. The van der Waals surface area contributed by atoms with Crippen molar-refractivity contribution in [2.24, 2.45) is 0 Å². The maximum absolute atomic E-state index is 12.4. The van der Waals surface area contributed by atoms with Gasteiger partial charge < -0.3 is 14.6 Å². The van der Waals surface area contributed by atoms with Gasteiger partial charge in [0.15, 0.2) is 0 Å². The number of aliphatic hydroxyl groups is 1. The zero-order valence-corrected chi connectivity index (χ0v) is 13.1. The molecule has 3 heterocycles. The molecule has 1 atom stereocenters. The summed E-state index contributed by atoms with van der Waals surface area (Å²) >= 11 is 0. The number of carbonyl (C=O) groups excluding carboxylic acids is 1. The van der Waals surface area contributed by atoms with Crippen LogP contribution in [0.5, 0.6) is 0 Å². The third-order valence-electron chi connectivity index (χ3n) is 4.23. The molecule has 23 heavy (non-hydrogen) atoms. The molecule has 3 rings (SSSR count). The maximum atomic E-state index is 12.4. The minimum Gasteiger partial charge on any atom is -0.394 e. The van der Waals surface area contributed by atoms with Gasteiger partial charge in [0.1, 0.15) is 12.7 Å². The molecule has 1 aliphatic rings. The molecule has 0 aromatic carbocycles. The molecular formula is C15H22N6O2. The largest absolute Gasteiger partial charge is 0.394 e. The van der Waals surface area contributed by atoms with Gasteiger partial charge in [0.05, 0.1) is 18.8 Å². The van der Waals surface area contributed by atoms with Crippen molar-refractivity contribution in [2.75, 3.05) is 19.7 Å². The first kappa shape index (κ1) is 15.7. The van der Waals surface area contributed by atoms with Crippen LogP contribution in [0.1, 0.15) is 30.9 Å². The molecule has 1 amide bonds. The van der Waals surface area contributed by atoms with Crippen LogP contribution in [0.25, 0.3) is 0 Å². The molecular weight excluding hydrogens is 296 g/mol. The van der Waals surface area contributed by atoms with Crippen molar-refractivity contribution in [1.29, 1.82) is 0 Å². The molecule has 8 heteroatoms. The number of aliphatic hydroxyl groups excluding tert-OH is 1. The van der Waals surface area contributed by atoms with Gasteiger partial charge in [0, 0.05) is 38.2 Å². The Morgan fingerprint density at radius 1 is 1.30 bits per heavy atom. The summed E-state index contributed by atoms with van der Waals surface area (Å²) < 4.78 is 3.57. The molecule has 2 aromatic heterocycles. The second-order valence-corrected chi connectivity index (χ2v) is 5.86. The van der Waals surface area contributed by atoms with E-state index < -0.39 is 0 Å². The number of nitrogens with zero attached hydrogens (tertiary/aromatic N) is 6. The second-order valence-electron chi connectivity index (χ2n) is 5.86. The fourth-order valence-corrected chi connectivity index (χ4v) is 2.99. The Hall–Kier alpha value is -2.22. The van der Waals surface area contributed by atoms with Crippen molar-refractivity contribution in [3.8, 4) is 0 Å². The summed E-state index contributed by atoms with van der Waals surface area (Å²) in [4.78, 5) is 14.3. The summed E-state index contributed by atoms with van der Waals surface area (Å²) in [6, 6.07) is 1.99. The number of amides is 1. The Morgan fingerprint density at radius 3 is 2.91 bits per heavy atom. The molecule has 2 aromatic rings. The lowest BCUT2D eigenvalue weighted by Crippen LogP contribution is -2.39. The van der Waals surface area contributed by atoms with Gasteiger partial charge in [0.25, 0.3) is 0 Å². The standard InChI is InChI=1S/C15H22N6O2/c22-9-8-21-7-3-14(18-21)13-2-1-5-20(10-13)15(23)4-6-19-11-16-17-12-19/h3,7,11-13,22H,1-2,4-6,8-10H2/t13-/m0/s1. The zero-order valence-electron chi connectivity index (χ0n) is 13.1. The average Bonchev–Trinajstić information content (AvgIpc) is 3.25. The van der Waals surface area contributed by atoms with Crippen LogP contribution in [0, 0.1) is 0 Å². The highest BCUT2D eigenvalue weighted by Crippen LogP contribution is 2.26. The van der Waals surface area contributed by atoms with Crippen molar-refractivity contribution in [3.63, 3.8) is 0 Å². The molecule has 0 bridgehead atoms. The van der Waals surface area contributed by atoms with Crippen LogP contribution >= 0.6 is 0 Å². The van der Waals surface area contributed by atoms with Crippen molar-refractivity contribution in [1.82, 2.24) is 29.4 Å². The summed E-state index contributed by atoms with van der Waals surface area (Å²) in [6.45, 7) is 2.73. The van der Waals surface area contributed by atoms with E-state index in [-0.39, 0.29) is 18.4 Å².